The lowest BCUT2D eigenvalue weighted by molar-refractivity contribution is -0.142. The Labute approximate surface area is 136 Å². The zero-order valence-corrected chi connectivity index (χ0v) is 13.4. The van der Waals surface area contributed by atoms with Crippen LogP contribution in [0, 0.1) is 11.3 Å². The number of carbonyl (C=O) groups is 1. The topological polar surface area (TPSA) is 66.8 Å². The summed E-state index contributed by atoms with van der Waals surface area (Å²) in [6.07, 6.45) is 9.67. The van der Waals surface area contributed by atoms with Gasteiger partial charge in [0.15, 0.2) is 0 Å². The van der Waals surface area contributed by atoms with E-state index in [1.807, 2.05) is 49.4 Å². The van der Waals surface area contributed by atoms with Gasteiger partial charge in [0.25, 0.3) is 0 Å². The fourth-order valence-electron chi connectivity index (χ4n) is 2.85. The summed E-state index contributed by atoms with van der Waals surface area (Å²) >= 11 is 0. The molecular formula is C19H22O4. The number of aliphatic hydroxyl groups is 1. The van der Waals surface area contributed by atoms with Crippen molar-refractivity contribution in [2.75, 3.05) is 13.7 Å². The maximum absolute atomic E-state index is 11.5. The average molecular weight is 314 g/mol. The summed E-state index contributed by atoms with van der Waals surface area (Å²) < 4.78 is 5.33. The second kappa shape index (κ2) is 7.29. The number of carboxylic acid groups (broad SMARTS) is 1. The molecule has 0 aromatic heterocycles. The van der Waals surface area contributed by atoms with Gasteiger partial charge < -0.3 is 14.9 Å². The van der Waals surface area contributed by atoms with Crippen LogP contribution >= 0.6 is 0 Å². The zero-order chi connectivity index (χ0) is 16.9. The first-order valence-electron chi connectivity index (χ1n) is 7.54. The molecule has 0 amide bonds. The van der Waals surface area contributed by atoms with Gasteiger partial charge in [-0.15, -0.1) is 0 Å². The van der Waals surface area contributed by atoms with Gasteiger partial charge in [0, 0.05) is 11.0 Å². The van der Waals surface area contributed by atoms with Crippen LogP contribution < -0.4 is 4.74 Å². The summed E-state index contributed by atoms with van der Waals surface area (Å²) in [5.41, 5.74) is 1.03. The number of hydrogen-bond donors (Lipinski definition) is 2. The lowest BCUT2D eigenvalue weighted by Gasteiger charge is -2.31. The quantitative estimate of drug-likeness (QED) is 0.845. The largest absolute Gasteiger partial charge is 0.496 e. The molecule has 2 rings (SSSR count). The van der Waals surface area contributed by atoms with Crippen molar-refractivity contribution in [1.82, 2.24) is 0 Å². The molecule has 4 nitrogen and oxygen atoms in total. The Balaban J connectivity index is 2.30. The minimum atomic E-state index is -0.843. The molecule has 122 valence electrons. The molecule has 2 unspecified atom stereocenters. The van der Waals surface area contributed by atoms with Gasteiger partial charge in [-0.25, -0.2) is 0 Å². The van der Waals surface area contributed by atoms with E-state index in [-0.39, 0.29) is 6.61 Å². The highest BCUT2D eigenvalue weighted by molar-refractivity contribution is 5.75. The highest BCUT2D eigenvalue weighted by Crippen LogP contribution is 2.38. The van der Waals surface area contributed by atoms with Gasteiger partial charge in [-0.05, 0) is 18.1 Å². The van der Waals surface area contributed by atoms with Crippen molar-refractivity contribution in [1.29, 1.82) is 0 Å². The van der Waals surface area contributed by atoms with Gasteiger partial charge in [0.1, 0.15) is 5.75 Å². The van der Waals surface area contributed by atoms with Crippen LogP contribution in [0.5, 0.6) is 5.75 Å². The number of carboxylic acids is 1. The monoisotopic (exact) mass is 314 g/mol. The number of aliphatic hydroxyl groups excluding tert-OH is 1. The fourth-order valence-corrected chi connectivity index (χ4v) is 2.85. The van der Waals surface area contributed by atoms with Crippen LogP contribution in [0.3, 0.4) is 0 Å². The maximum Gasteiger partial charge on any atom is 0.311 e. The van der Waals surface area contributed by atoms with Crippen LogP contribution in [0.25, 0.3) is 5.57 Å². The molecule has 2 atom stereocenters. The molecule has 0 bridgehead atoms. The van der Waals surface area contributed by atoms with Gasteiger partial charge in [0.05, 0.1) is 19.6 Å². The number of rotatable bonds is 6. The third-order valence-corrected chi connectivity index (χ3v) is 4.28. The van der Waals surface area contributed by atoms with Crippen LogP contribution in [0.4, 0.5) is 0 Å². The smallest absolute Gasteiger partial charge is 0.311 e. The van der Waals surface area contributed by atoms with E-state index in [9.17, 15) is 15.0 Å². The van der Waals surface area contributed by atoms with Gasteiger partial charge in [-0.3, -0.25) is 4.79 Å². The number of ether oxygens (including phenoxy) is 1. The first kappa shape index (κ1) is 17.0. The first-order chi connectivity index (χ1) is 11.0. The predicted molar refractivity (Wildman–Crippen MR) is 90.2 cm³/mol. The van der Waals surface area contributed by atoms with Crippen molar-refractivity contribution in [3.63, 3.8) is 0 Å². The van der Waals surface area contributed by atoms with E-state index >= 15 is 0 Å². The Kier molecular flexibility index (Phi) is 5.40. The molecule has 2 N–H and O–H groups in total. The van der Waals surface area contributed by atoms with Gasteiger partial charge in [-0.1, -0.05) is 55.5 Å². The van der Waals surface area contributed by atoms with Crippen molar-refractivity contribution in [3.05, 3.63) is 60.2 Å². The number of aliphatic carboxylic acids is 1. The molecule has 1 aliphatic carbocycles. The molecule has 0 saturated carbocycles. The molecule has 0 saturated heterocycles. The second-order valence-electron chi connectivity index (χ2n) is 5.86. The van der Waals surface area contributed by atoms with Crippen LogP contribution in [-0.4, -0.2) is 29.9 Å². The highest BCUT2D eigenvalue weighted by Gasteiger charge is 2.35. The lowest BCUT2D eigenvalue weighted by atomic mass is 9.71. The first-order valence-corrected chi connectivity index (χ1v) is 7.54. The third-order valence-electron chi connectivity index (χ3n) is 4.28. The summed E-state index contributed by atoms with van der Waals surface area (Å²) in [6, 6.07) is 7.47. The molecule has 1 aromatic carbocycles. The van der Waals surface area contributed by atoms with Crippen LogP contribution in [0.15, 0.2) is 54.6 Å². The normalized spacial score (nSPS) is 23.8. The molecule has 23 heavy (non-hydrogen) atoms. The van der Waals surface area contributed by atoms with Crippen LogP contribution in [0.1, 0.15) is 18.9 Å². The Morgan fingerprint density at radius 2 is 2.09 bits per heavy atom. The molecule has 0 aliphatic heterocycles. The summed E-state index contributed by atoms with van der Waals surface area (Å²) in [4.78, 5) is 11.5. The number of methoxy groups -OCH3 is 1. The Morgan fingerprint density at radius 3 is 2.74 bits per heavy atom. The van der Waals surface area contributed by atoms with Gasteiger partial charge in [0.2, 0.25) is 0 Å². The zero-order valence-electron chi connectivity index (χ0n) is 13.4. The minimum Gasteiger partial charge on any atom is -0.496 e. The predicted octanol–water partition coefficient (Wildman–Crippen LogP) is 3.29. The summed E-state index contributed by atoms with van der Waals surface area (Å²) in [7, 11) is 1.59. The lowest BCUT2D eigenvalue weighted by Crippen LogP contribution is -2.31. The molecule has 1 aliphatic rings. The molecule has 0 radical (unpaired) electrons. The van der Waals surface area contributed by atoms with E-state index in [0.29, 0.717) is 12.2 Å². The van der Waals surface area contributed by atoms with Crippen LogP contribution in [-0.2, 0) is 4.79 Å². The number of benzene rings is 1. The van der Waals surface area contributed by atoms with E-state index < -0.39 is 17.3 Å². The van der Waals surface area contributed by atoms with E-state index in [1.54, 1.807) is 19.3 Å². The Bertz CT molecular complexity index is 657. The van der Waals surface area contributed by atoms with E-state index in [4.69, 9.17) is 4.74 Å². The second-order valence-corrected chi connectivity index (χ2v) is 5.86. The van der Waals surface area contributed by atoms with Crippen molar-refractivity contribution in [2.45, 2.75) is 13.3 Å². The van der Waals surface area contributed by atoms with Crippen molar-refractivity contribution < 1.29 is 19.7 Å². The van der Waals surface area contributed by atoms with Crippen molar-refractivity contribution in [2.24, 2.45) is 11.3 Å². The Morgan fingerprint density at radius 1 is 1.35 bits per heavy atom. The molecule has 0 spiro atoms. The highest BCUT2D eigenvalue weighted by atomic mass is 16.5. The number of hydrogen-bond acceptors (Lipinski definition) is 3. The molecular weight excluding hydrogens is 292 g/mol. The molecule has 1 aromatic rings. The van der Waals surface area contributed by atoms with Gasteiger partial charge in [-0.2, -0.15) is 0 Å². The summed E-state index contributed by atoms with van der Waals surface area (Å²) in [5.74, 6) is -0.738. The van der Waals surface area contributed by atoms with Crippen molar-refractivity contribution in [3.8, 4) is 5.75 Å². The number of para-hydroxylation sites is 1. The van der Waals surface area contributed by atoms with E-state index in [1.165, 1.54) is 0 Å². The SMILES string of the molecule is COc1ccccc1/C(=C/CC1(C)C=CC=CC1C(=O)O)CO. The summed E-state index contributed by atoms with van der Waals surface area (Å²) in [6.45, 7) is 1.78. The number of allylic oxidation sites excluding steroid dienone is 4. The standard InChI is InChI=1S/C19H22O4/c1-19(11-6-5-8-16(19)18(21)22)12-10-14(13-20)15-7-3-4-9-17(15)23-2/h3-11,16,20H,12-13H2,1-2H3,(H,21,22)/b14-10+. The summed E-state index contributed by atoms with van der Waals surface area (Å²) in [5, 5.41) is 19.1. The molecule has 0 heterocycles. The Hall–Kier alpha value is -2.33. The average Bonchev–Trinajstić information content (AvgIpc) is 2.56. The maximum atomic E-state index is 11.5. The van der Waals surface area contributed by atoms with Crippen LogP contribution in [0.2, 0.25) is 0 Å². The van der Waals surface area contributed by atoms with Crippen molar-refractivity contribution >= 4 is 11.5 Å². The fraction of sp³-hybridized carbons (Fsp3) is 0.316. The third kappa shape index (κ3) is 3.71. The molecule has 4 heteroatoms. The molecule has 0 fully saturated rings. The van der Waals surface area contributed by atoms with E-state index in [2.05, 4.69) is 0 Å². The van der Waals surface area contributed by atoms with Gasteiger partial charge >= 0.3 is 5.97 Å². The minimum absolute atomic E-state index is 0.131. The van der Waals surface area contributed by atoms with E-state index in [0.717, 1.165) is 11.1 Å².